The Kier molecular flexibility index (Phi) is 4.23. The average molecular weight is 212 g/mol. The smallest absolute Gasteiger partial charge is 0.223 e. The summed E-state index contributed by atoms with van der Waals surface area (Å²) in [4.78, 5) is 10.7. The van der Waals surface area contributed by atoms with Gasteiger partial charge in [0.1, 0.15) is 0 Å². The summed E-state index contributed by atoms with van der Waals surface area (Å²) in [6.07, 6.45) is 1.02. The maximum atomic E-state index is 10.7. The van der Waals surface area contributed by atoms with Crippen molar-refractivity contribution < 1.29 is 9.53 Å². The summed E-state index contributed by atoms with van der Waals surface area (Å²) in [5.74, 6) is -0.387. The molecule has 0 fully saturated rings. The summed E-state index contributed by atoms with van der Waals surface area (Å²) in [7, 11) is 1.66. The van der Waals surface area contributed by atoms with Crippen LogP contribution in [0.2, 0.25) is 0 Å². The van der Waals surface area contributed by atoms with E-state index in [0.717, 1.165) is 18.7 Å². The Morgan fingerprint density at radius 1 is 1.60 bits per heavy atom. The molecule has 1 rings (SSSR count). The first-order chi connectivity index (χ1) is 7.15. The second-order valence-electron chi connectivity index (χ2n) is 3.33. The predicted octanol–water partition coefficient (Wildman–Crippen LogP) is -0.349. The van der Waals surface area contributed by atoms with E-state index in [0.29, 0.717) is 12.3 Å². The number of carbonyl (C=O) groups excluding carboxylic acids is 1. The number of primary amides is 1. The van der Waals surface area contributed by atoms with Gasteiger partial charge in [-0.25, -0.2) is 4.68 Å². The van der Waals surface area contributed by atoms with Gasteiger partial charge in [-0.15, -0.1) is 5.10 Å². The van der Waals surface area contributed by atoms with Crippen molar-refractivity contribution in [3.63, 3.8) is 0 Å². The fourth-order valence-corrected chi connectivity index (χ4v) is 1.30. The van der Waals surface area contributed by atoms with Crippen LogP contribution >= 0.6 is 0 Å². The molecular weight excluding hydrogens is 196 g/mol. The highest BCUT2D eigenvalue weighted by Gasteiger charge is 2.10. The Morgan fingerprint density at radius 3 is 2.93 bits per heavy atom. The molecule has 0 spiro atoms. The number of nitrogens with two attached hydrogens (primary N) is 1. The fourth-order valence-electron chi connectivity index (χ4n) is 1.30. The molecule has 15 heavy (non-hydrogen) atoms. The molecule has 6 nitrogen and oxygen atoms in total. The topological polar surface area (TPSA) is 83.0 Å². The van der Waals surface area contributed by atoms with Crippen LogP contribution in [0, 0.1) is 6.92 Å². The quantitative estimate of drug-likeness (QED) is 0.653. The summed E-state index contributed by atoms with van der Waals surface area (Å²) in [6.45, 7) is 3.31. The van der Waals surface area contributed by atoms with Crippen LogP contribution in [-0.4, -0.2) is 34.6 Å². The molecule has 0 aromatic carbocycles. The van der Waals surface area contributed by atoms with E-state index < -0.39 is 0 Å². The first-order valence-electron chi connectivity index (χ1n) is 4.81. The second kappa shape index (κ2) is 5.45. The third-order valence-electron chi connectivity index (χ3n) is 2.14. The van der Waals surface area contributed by atoms with Gasteiger partial charge < -0.3 is 10.5 Å². The van der Waals surface area contributed by atoms with Gasteiger partial charge >= 0.3 is 0 Å². The Morgan fingerprint density at radius 2 is 2.33 bits per heavy atom. The van der Waals surface area contributed by atoms with Crippen LogP contribution < -0.4 is 5.73 Å². The molecule has 0 aliphatic rings. The largest absolute Gasteiger partial charge is 0.385 e. The number of aryl methyl sites for hydroxylation is 1. The van der Waals surface area contributed by atoms with Crippen molar-refractivity contribution in [3.8, 4) is 0 Å². The summed E-state index contributed by atoms with van der Waals surface area (Å²) in [5.41, 5.74) is 6.63. The average Bonchev–Trinajstić information content (AvgIpc) is 2.49. The van der Waals surface area contributed by atoms with Crippen LogP contribution in [0.25, 0.3) is 0 Å². The highest BCUT2D eigenvalue weighted by atomic mass is 16.5. The minimum absolute atomic E-state index is 0.149. The second-order valence-corrected chi connectivity index (χ2v) is 3.33. The first kappa shape index (κ1) is 11.6. The van der Waals surface area contributed by atoms with Gasteiger partial charge in [0.25, 0.3) is 0 Å². The highest BCUT2D eigenvalue weighted by Crippen LogP contribution is 2.04. The van der Waals surface area contributed by atoms with Crippen molar-refractivity contribution >= 4 is 5.91 Å². The highest BCUT2D eigenvalue weighted by molar-refractivity contribution is 5.76. The summed E-state index contributed by atoms with van der Waals surface area (Å²) in [6, 6.07) is 0. The van der Waals surface area contributed by atoms with Crippen LogP contribution in [-0.2, 0) is 22.5 Å². The normalized spacial score (nSPS) is 10.5. The van der Waals surface area contributed by atoms with Gasteiger partial charge in [-0.2, -0.15) is 0 Å². The number of methoxy groups -OCH3 is 1. The van der Waals surface area contributed by atoms with E-state index in [4.69, 9.17) is 10.5 Å². The van der Waals surface area contributed by atoms with E-state index in [1.165, 1.54) is 0 Å². The number of carbonyl (C=O) groups is 1. The number of nitrogens with zero attached hydrogens (tertiary/aromatic N) is 3. The molecule has 1 aromatic rings. The number of aromatic nitrogens is 3. The van der Waals surface area contributed by atoms with E-state index in [1.54, 1.807) is 11.8 Å². The summed E-state index contributed by atoms with van der Waals surface area (Å²) >= 11 is 0. The third-order valence-corrected chi connectivity index (χ3v) is 2.14. The molecule has 0 aliphatic heterocycles. The van der Waals surface area contributed by atoms with Crippen molar-refractivity contribution in [2.75, 3.05) is 13.7 Å². The molecule has 0 unspecified atom stereocenters. The first-order valence-corrected chi connectivity index (χ1v) is 4.81. The van der Waals surface area contributed by atoms with Crippen LogP contribution in [0.3, 0.4) is 0 Å². The summed E-state index contributed by atoms with van der Waals surface area (Å²) in [5, 5.41) is 7.85. The molecule has 0 saturated carbocycles. The lowest BCUT2D eigenvalue weighted by atomic mass is 10.2. The lowest BCUT2D eigenvalue weighted by Gasteiger charge is -2.02. The Balaban J connectivity index is 2.58. The van der Waals surface area contributed by atoms with Crippen molar-refractivity contribution in [1.29, 1.82) is 0 Å². The lowest BCUT2D eigenvalue weighted by molar-refractivity contribution is -0.117. The lowest BCUT2D eigenvalue weighted by Crippen LogP contribution is -2.15. The summed E-state index contributed by atoms with van der Waals surface area (Å²) < 4.78 is 6.70. The molecule has 6 heteroatoms. The zero-order valence-corrected chi connectivity index (χ0v) is 9.06. The Labute approximate surface area is 88.4 Å². The van der Waals surface area contributed by atoms with E-state index in [2.05, 4.69) is 10.3 Å². The minimum atomic E-state index is -0.387. The van der Waals surface area contributed by atoms with Gasteiger partial charge in [0, 0.05) is 20.3 Å². The molecule has 0 saturated heterocycles. The van der Waals surface area contributed by atoms with Crippen LogP contribution in [0.4, 0.5) is 0 Å². The molecule has 1 heterocycles. The number of amides is 1. The molecular formula is C9H16N4O2. The maximum absolute atomic E-state index is 10.7. The van der Waals surface area contributed by atoms with Crippen molar-refractivity contribution in [1.82, 2.24) is 15.0 Å². The van der Waals surface area contributed by atoms with Crippen LogP contribution in [0.1, 0.15) is 17.8 Å². The molecule has 0 atom stereocenters. The fraction of sp³-hybridized carbons (Fsp3) is 0.667. The van der Waals surface area contributed by atoms with E-state index in [9.17, 15) is 4.79 Å². The maximum Gasteiger partial charge on any atom is 0.223 e. The molecule has 2 N–H and O–H groups in total. The number of rotatable bonds is 6. The zero-order valence-electron chi connectivity index (χ0n) is 9.06. The van der Waals surface area contributed by atoms with Crippen molar-refractivity contribution in [3.05, 3.63) is 11.4 Å². The van der Waals surface area contributed by atoms with E-state index >= 15 is 0 Å². The van der Waals surface area contributed by atoms with E-state index in [1.807, 2.05) is 6.92 Å². The van der Waals surface area contributed by atoms with Gasteiger partial charge in [-0.1, -0.05) is 5.21 Å². The van der Waals surface area contributed by atoms with Gasteiger partial charge in [-0.3, -0.25) is 4.79 Å². The minimum Gasteiger partial charge on any atom is -0.385 e. The molecule has 1 amide bonds. The van der Waals surface area contributed by atoms with Gasteiger partial charge in [0.05, 0.1) is 17.8 Å². The third kappa shape index (κ3) is 3.32. The number of hydrogen-bond acceptors (Lipinski definition) is 4. The zero-order chi connectivity index (χ0) is 11.3. The standard InChI is InChI=1S/C9H16N4O2/c1-7-8(6-9(10)14)11-12-13(7)4-3-5-15-2/h3-6H2,1-2H3,(H2,10,14). The number of hydrogen-bond donors (Lipinski definition) is 1. The Bertz CT molecular complexity index is 335. The number of ether oxygens (including phenoxy) is 1. The Hall–Kier alpha value is -1.43. The van der Waals surface area contributed by atoms with Gasteiger partial charge in [-0.05, 0) is 13.3 Å². The van der Waals surface area contributed by atoms with Crippen LogP contribution in [0.15, 0.2) is 0 Å². The molecule has 1 aromatic heterocycles. The molecule has 0 bridgehead atoms. The molecule has 0 aliphatic carbocycles. The van der Waals surface area contributed by atoms with Gasteiger partial charge in [0.2, 0.25) is 5.91 Å². The van der Waals surface area contributed by atoms with E-state index in [-0.39, 0.29) is 12.3 Å². The van der Waals surface area contributed by atoms with Gasteiger partial charge in [0.15, 0.2) is 0 Å². The monoisotopic (exact) mass is 212 g/mol. The van der Waals surface area contributed by atoms with Crippen molar-refractivity contribution in [2.24, 2.45) is 5.73 Å². The molecule has 84 valence electrons. The van der Waals surface area contributed by atoms with Crippen molar-refractivity contribution in [2.45, 2.75) is 26.3 Å². The molecule has 0 radical (unpaired) electrons. The SMILES string of the molecule is COCCCn1nnc(CC(N)=O)c1C. The predicted molar refractivity (Wildman–Crippen MR) is 54.2 cm³/mol. The van der Waals surface area contributed by atoms with Crippen LogP contribution in [0.5, 0.6) is 0 Å².